The molecule has 2 radical (unpaired) electrons. The summed E-state index contributed by atoms with van der Waals surface area (Å²) < 4.78 is 0. The predicted octanol–water partition coefficient (Wildman–Crippen LogP) is -0.478. The molecule has 0 aliphatic rings. The number of hydrogen-bond acceptors (Lipinski definition) is 0. The van der Waals surface area contributed by atoms with Crippen molar-refractivity contribution in [3.63, 3.8) is 0 Å². The van der Waals surface area contributed by atoms with Gasteiger partial charge < -0.3 is 21.9 Å². The largest absolute Gasteiger partial charge is 3.00 e. The quantitative estimate of drug-likeness (QED) is 0.559. The number of rotatable bonds is 0. The molecule has 6 heavy (non-hydrogen) atoms. The fourth-order valence-electron chi connectivity index (χ4n) is 0. The van der Waals surface area contributed by atoms with Crippen LogP contribution in [0.3, 0.4) is 0 Å². The van der Waals surface area contributed by atoms with E-state index in [9.17, 15) is 0 Å². The zero-order chi connectivity index (χ0) is 0. The van der Waals surface area contributed by atoms with E-state index in [1.54, 1.807) is 0 Å². The summed E-state index contributed by atoms with van der Waals surface area (Å²) in [7, 11) is 0. The summed E-state index contributed by atoms with van der Waals surface area (Å²) in [4.78, 5) is 0. The van der Waals surface area contributed by atoms with Gasteiger partial charge in [-0.3, -0.25) is 0 Å². The fourth-order valence-corrected chi connectivity index (χ4v) is 0. The predicted molar refractivity (Wildman–Crippen MR) is 2.75 cm³/mol. The Morgan fingerprint density at radius 2 is 0.500 bits per heavy atom. The smallest absolute Gasteiger partial charge is 2.00 e. The van der Waals surface area contributed by atoms with Crippen LogP contribution in [0.1, 0.15) is 0 Å². The summed E-state index contributed by atoms with van der Waals surface area (Å²) in [5.74, 6) is 0. The normalized spacial score (nSPS) is 0. The molecule has 0 unspecified atom stereocenters. The summed E-state index contributed by atoms with van der Waals surface area (Å²) in [5, 5.41) is 0. The minimum Gasteiger partial charge on any atom is -2.00 e. The molecule has 0 bridgehead atoms. The standard InChI is InChI=1S/Nd.4O.V/q+3;4*-2;. The van der Waals surface area contributed by atoms with Gasteiger partial charge in [0.05, 0.1) is 0 Å². The molecule has 0 spiro atoms. The van der Waals surface area contributed by atoms with E-state index >= 15 is 0 Å². The SMILES string of the molecule is [Nd+3].[O-2].[O-2].[O-2].[O-2].[V]. The minimum atomic E-state index is 0. The third-order valence-electron chi connectivity index (χ3n) is 0. The summed E-state index contributed by atoms with van der Waals surface area (Å²) >= 11 is 0. The Kier molecular flexibility index (Phi) is 1350. The monoisotopic (exact) mass is 257 g/mol. The van der Waals surface area contributed by atoms with E-state index < -0.39 is 0 Å². The number of hydrogen-bond donors (Lipinski definition) is 0. The first-order valence-corrected chi connectivity index (χ1v) is 0. The first kappa shape index (κ1) is 113. The molecule has 0 aromatic rings. The third-order valence-corrected chi connectivity index (χ3v) is 0. The molecular formula is NdO4V-5. The van der Waals surface area contributed by atoms with Crippen molar-refractivity contribution in [2.24, 2.45) is 0 Å². The van der Waals surface area contributed by atoms with E-state index in [2.05, 4.69) is 0 Å². The molecule has 0 aliphatic heterocycles. The van der Waals surface area contributed by atoms with Crippen molar-refractivity contribution in [1.29, 1.82) is 0 Å². The van der Waals surface area contributed by atoms with Crippen LogP contribution in [0.5, 0.6) is 0 Å². The second kappa shape index (κ2) is 71.7. The molecule has 38 valence electrons. The van der Waals surface area contributed by atoms with Crippen molar-refractivity contribution in [2.75, 3.05) is 0 Å². The van der Waals surface area contributed by atoms with Crippen LogP contribution in [0.4, 0.5) is 0 Å². The van der Waals surface area contributed by atoms with Crippen LogP contribution >= 0.6 is 0 Å². The van der Waals surface area contributed by atoms with Crippen molar-refractivity contribution in [3.8, 4) is 0 Å². The van der Waals surface area contributed by atoms with Crippen LogP contribution in [0, 0.1) is 40.8 Å². The van der Waals surface area contributed by atoms with E-state index in [0.717, 1.165) is 0 Å². The van der Waals surface area contributed by atoms with E-state index in [1.807, 2.05) is 0 Å². The Morgan fingerprint density at radius 1 is 0.500 bits per heavy atom. The molecule has 0 aliphatic carbocycles. The maximum atomic E-state index is 0. The van der Waals surface area contributed by atoms with Crippen molar-refractivity contribution in [2.45, 2.75) is 0 Å². The second-order valence-electron chi connectivity index (χ2n) is 0. The van der Waals surface area contributed by atoms with Crippen LogP contribution in [-0.2, 0) is 40.5 Å². The Hall–Kier alpha value is 1.78. The molecule has 6 heteroatoms. The van der Waals surface area contributed by atoms with Gasteiger partial charge in [0.25, 0.3) is 0 Å². The Labute approximate surface area is 80.3 Å². The van der Waals surface area contributed by atoms with E-state index in [-0.39, 0.29) is 81.3 Å². The maximum Gasteiger partial charge on any atom is 3.00 e. The van der Waals surface area contributed by atoms with Crippen LogP contribution in [0.25, 0.3) is 0 Å². The van der Waals surface area contributed by atoms with Gasteiger partial charge in [0, 0.05) is 18.6 Å². The minimum absolute atomic E-state index is 0. The molecule has 4 nitrogen and oxygen atoms in total. The van der Waals surface area contributed by atoms with Crippen molar-refractivity contribution < 1.29 is 81.3 Å². The molecule has 0 aromatic heterocycles. The molecule has 0 aromatic carbocycles. The zero-order valence-electron chi connectivity index (χ0n) is 2.58. The Bertz CT molecular complexity index is 7.51. The molecule has 0 N–H and O–H groups in total. The average molecular weight is 259 g/mol. The van der Waals surface area contributed by atoms with E-state index in [0.29, 0.717) is 0 Å². The van der Waals surface area contributed by atoms with E-state index in [1.165, 1.54) is 0 Å². The summed E-state index contributed by atoms with van der Waals surface area (Å²) in [6, 6.07) is 0. The average Bonchev–Trinajstić information content (AvgIpc) is 0. The van der Waals surface area contributed by atoms with Gasteiger partial charge in [-0.2, -0.15) is 0 Å². The van der Waals surface area contributed by atoms with Gasteiger partial charge in [0.1, 0.15) is 0 Å². The molecule has 0 saturated carbocycles. The van der Waals surface area contributed by atoms with Gasteiger partial charge in [0.2, 0.25) is 0 Å². The summed E-state index contributed by atoms with van der Waals surface area (Å²) in [6.07, 6.45) is 0. The summed E-state index contributed by atoms with van der Waals surface area (Å²) in [6.45, 7) is 0. The first-order valence-electron chi connectivity index (χ1n) is 0. The molecule has 0 fully saturated rings. The van der Waals surface area contributed by atoms with Gasteiger partial charge in [-0.25, -0.2) is 0 Å². The molecule has 0 amide bonds. The van der Waals surface area contributed by atoms with Gasteiger partial charge in [-0.15, -0.1) is 0 Å². The van der Waals surface area contributed by atoms with E-state index in [4.69, 9.17) is 0 Å². The molecule has 0 rings (SSSR count). The molecule has 0 saturated heterocycles. The topological polar surface area (TPSA) is 114 Å². The van der Waals surface area contributed by atoms with Crippen molar-refractivity contribution >= 4 is 0 Å². The van der Waals surface area contributed by atoms with Crippen LogP contribution in [0.2, 0.25) is 0 Å². The van der Waals surface area contributed by atoms with Gasteiger partial charge in [-0.1, -0.05) is 0 Å². The molecule has 0 heterocycles. The Morgan fingerprint density at radius 3 is 0.500 bits per heavy atom. The van der Waals surface area contributed by atoms with Gasteiger partial charge >= 0.3 is 40.8 Å². The van der Waals surface area contributed by atoms with Crippen LogP contribution < -0.4 is 0 Å². The Balaban J connectivity index is 0. The van der Waals surface area contributed by atoms with Crippen LogP contribution in [0.15, 0.2) is 0 Å². The van der Waals surface area contributed by atoms with Gasteiger partial charge in [-0.05, 0) is 0 Å². The van der Waals surface area contributed by atoms with Gasteiger partial charge in [0.15, 0.2) is 0 Å². The molecule has 0 atom stereocenters. The van der Waals surface area contributed by atoms with Crippen molar-refractivity contribution in [3.05, 3.63) is 0 Å². The van der Waals surface area contributed by atoms with Crippen LogP contribution in [-0.4, -0.2) is 0 Å². The zero-order valence-corrected chi connectivity index (χ0v) is 7.19. The summed E-state index contributed by atoms with van der Waals surface area (Å²) in [5.41, 5.74) is 0. The second-order valence-corrected chi connectivity index (χ2v) is 0. The van der Waals surface area contributed by atoms with Crippen molar-refractivity contribution in [1.82, 2.24) is 0 Å². The first-order chi connectivity index (χ1) is 0. The molecular weight excluding hydrogens is 259 g/mol. The fraction of sp³-hybridized carbons (Fsp3) is 0. The third kappa shape index (κ3) is 41.8. The maximum absolute atomic E-state index is 0.